The van der Waals surface area contributed by atoms with Crippen molar-refractivity contribution < 1.29 is 0 Å². The Bertz CT molecular complexity index is 1020. The summed E-state index contributed by atoms with van der Waals surface area (Å²) in [5.74, 6) is 0. The molecule has 5 rings (SSSR count). The van der Waals surface area contributed by atoms with Gasteiger partial charge in [-0.1, -0.05) is 54.6 Å². The van der Waals surface area contributed by atoms with Crippen LogP contribution in [0.1, 0.15) is 30.0 Å². The minimum Gasteiger partial charge on any atom is -0.371 e. The molecule has 2 aromatic carbocycles. The van der Waals surface area contributed by atoms with Gasteiger partial charge in [0.05, 0.1) is 0 Å². The number of hydrogen-bond acceptors (Lipinski definition) is 5. The first-order valence-corrected chi connectivity index (χ1v) is 11.7. The first-order valence-electron chi connectivity index (χ1n) is 10.9. The van der Waals surface area contributed by atoms with Crippen LogP contribution in [0.3, 0.4) is 0 Å². The van der Waals surface area contributed by atoms with E-state index in [4.69, 9.17) is 0 Å². The van der Waals surface area contributed by atoms with Crippen LogP contribution in [-0.2, 0) is 6.54 Å². The van der Waals surface area contributed by atoms with Crippen LogP contribution in [0.25, 0.3) is 4.91 Å². The molecule has 6 heteroatoms. The number of nitrogens with zero attached hydrogens (tertiary/aromatic N) is 5. The third-order valence-corrected chi connectivity index (χ3v) is 7.07. The van der Waals surface area contributed by atoms with Crippen LogP contribution in [0.2, 0.25) is 0 Å². The maximum Gasteiger partial charge on any atom is 0.119 e. The van der Waals surface area contributed by atoms with Gasteiger partial charge in [0.2, 0.25) is 0 Å². The Morgan fingerprint density at radius 1 is 0.903 bits per heavy atom. The number of rotatable bonds is 5. The van der Waals surface area contributed by atoms with Crippen LogP contribution >= 0.6 is 11.9 Å². The standard InChI is InChI=1S/C25H27N5S/c1-2-6-22(7-3-1)25-8-4-5-15-30(31-25)18-21-9-11-23(12-10-21)28-16-13-24(14-17-28)29-19-26-27-20-29/h1-12,19-20,24H,13-18H2. The molecule has 0 N–H and O–H groups in total. The molecule has 0 aliphatic carbocycles. The molecule has 0 unspecified atom stereocenters. The number of aromatic nitrogens is 3. The van der Waals surface area contributed by atoms with Crippen molar-refractivity contribution in [1.29, 1.82) is 0 Å². The number of anilines is 1. The lowest BCUT2D eigenvalue weighted by atomic mass is 10.0. The molecule has 0 saturated carbocycles. The largest absolute Gasteiger partial charge is 0.371 e. The smallest absolute Gasteiger partial charge is 0.119 e. The zero-order valence-corrected chi connectivity index (χ0v) is 18.4. The molecule has 0 spiro atoms. The van der Waals surface area contributed by atoms with E-state index in [-0.39, 0.29) is 0 Å². The van der Waals surface area contributed by atoms with Crippen molar-refractivity contribution in [3.63, 3.8) is 0 Å². The average Bonchev–Trinajstić information content (AvgIpc) is 3.27. The SMILES string of the molecule is C1=CCN(Cc2ccc(N3CCC(n4cnnc4)CC3)cc2)SC(c2ccccc2)=C1. The summed E-state index contributed by atoms with van der Waals surface area (Å²) in [7, 11) is 0. The summed E-state index contributed by atoms with van der Waals surface area (Å²) in [4.78, 5) is 3.78. The summed E-state index contributed by atoms with van der Waals surface area (Å²) in [6.07, 6.45) is 12.6. The summed E-state index contributed by atoms with van der Waals surface area (Å²) >= 11 is 1.84. The van der Waals surface area contributed by atoms with Gasteiger partial charge in [-0.3, -0.25) is 0 Å². The van der Waals surface area contributed by atoms with E-state index in [1.165, 1.54) is 21.7 Å². The fourth-order valence-corrected chi connectivity index (χ4v) is 5.26. The molecule has 0 amide bonds. The zero-order valence-electron chi connectivity index (χ0n) is 17.5. The molecule has 1 saturated heterocycles. The van der Waals surface area contributed by atoms with Crippen molar-refractivity contribution >= 4 is 22.5 Å². The molecule has 3 heterocycles. The van der Waals surface area contributed by atoms with E-state index >= 15 is 0 Å². The summed E-state index contributed by atoms with van der Waals surface area (Å²) in [6, 6.07) is 20.3. The fourth-order valence-electron chi connectivity index (χ4n) is 4.22. The summed E-state index contributed by atoms with van der Waals surface area (Å²) in [5.41, 5.74) is 3.94. The van der Waals surface area contributed by atoms with Gasteiger partial charge in [0.15, 0.2) is 0 Å². The van der Waals surface area contributed by atoms with Crippen molar-refractivity contribution in [2.45, 2.75) is 25.4 Å². The molecule has 0 bridgehead atoms. The fraction of sp³-hybridized carbons (Fsp3) is 0.280. The van der Waals surface area contributed by atoms with Crippen LogP contribution in [0.4, 0.5) is 5.69 Å². The van der Waals surface area contributed by atoms with E-state index in [1.54, 1.807) is 0 Å². The van der Waals surface area contributed by atoms with Crippen LogP contribution in [-0.4, -0.2) is 38.7 Å². The zero-order chi connectivity index (χ0) is 20.9. The summed E-state index contributed by atoms with van der Waals surface area (Å²) in [5, 5.41) is 7.89. The Kier molecular flexibility index (Phi) is 6.18. The van der Waals surface area contributed by atoms with Crippen molar-refractivity contribution in [3.8, 4) is 0 Å². The third-order valence-electron chi connectivity index (χ3n) is 5.96. The molecule has 1 aromatic heterocycles. The van der Waals surface area contributed by atoms with Crippen LogP contribution in [0, 0.1) is 0 Å². The van der Waals surface area contributed by atoms with Crippen molar-refractivity contribution in [2.75, 3.05) is 24.5 Å². The first kappa shape index (κ1) is 20.1. The highest BCUT2D eigenvalue weighted by atomic mass is 32.2. The molecule has 0 atom stereocenters. The summed E-state index contributed by atoms with van der Waals surface area (Å²) in [6.45, 7) is 4.01. The predicted molar refractivity (Wildman–Crippen MR) is 129 cm³/mol. The topological polar surface area (TPSA) is 37.2 Å². The highest BCUT2D eigenvalue weighted by Crippen LogP contribution is 2.33. The summed E-state index contributed by atoms with van der Waals surface area (Å²) < 4.78 is 4.56. The lowest BCUT2D eigenvalue weighted by molar-refractivity contribution is 0.395. The molecule has 3 aromatic rings. The Hall–Kier alpha value is -2.83. The van der Waals surface area contributed by atoms with E-state index < -0.39 is 0 Å². The van der Waals surface area contributed by atoms with E-state index in [9.17, 15) is 0 Å². The number of hydrogen-bond donors (Lipinski definition) is 0. The Balaban J connectivity index is 1.19. The molecule has 158 valence electrons. The van der Waals surface area contributed by atoms with Crippen LogP contribution in [0.15, 0.2) is 85.5 Å². The van der Waals surface area contributed by atoms with Crippen molar-refractivity contribution in [1.82, 2.24) is 19.1 Å². The van der Waals surface area contributed by atoms with Gasteiger partial charge in [-0.25, -0.2) is 4.31 Å². The van der Waals surface area contributed by atoms with Crippen LogP contribution < -0.4 is 4.90 Å². The van der Waals surface area contributed by atoms with Gasteiger partial charge in [-0.2, -0.15) is 0 Å². The molecule has 2 aliphatic heterocycles. The maximum atomic E-state index is 3.95. The second kappa shape index (κ2) is 9.54. The highest BCUT2D eigenvalue weighted by Gasteiger charge is 2.20. The minimum atomic E-state index is 0.519. The second-order valence-corrected chi connectivity index (χ2v) is 9.17. The maximum absolute atomic E-state index is 3.95. The lowest BCUT2D eigenvalue weighted by Crippen LogP contribution is -2.34. The van der Waals surface area contributed by atoms with E-state index in [0.717, 1.165) is 39.0 Å². The van der Waals surface area contributed by atoms with Gasteiger partial charge in [-0.05, 0) is 54.1 Å². The molecule has 0 radical (unpaired) electrons. The lowest BCUT2D eigenvalue weighted by Gasteiger charge is -2.34. The average molecular weight is 430 g/mol. The third kappa shape index (κ3) is 4.92. The quantitative estimate of drug-likeness (QED) is 0.522. The van der Waals surface area contributed by atoms with Gasteiger partial charge in [0.25, 0.3) is 0 Å². The first-order chi connectivity index (χ1) is 15.3. The second-order valence-electron chi connectivity index (χ2n) is 8.03. The number of benzene rings is 2. The van der Waals surface area contributed by atoms with Crippen molar-refractivity contribution in [3.05, 3.63) is 96.6 Å². The Labute approximate surface area is 188 Å². The van der Waals surface area contributed by atoms with E-state index in [2.05, 4.69) is 96.8 Å². The van der Waals surface area contributed by atoms with Gasteiger partial charge < -0.3 is 9.47 Å². The molecular formula is C25H27N5S. The minimum absolute atomic E-state index is 0.519. The number of piperidine rings is 1. The predicted octanol–water partition coefficient (Wildman–Crippen LogP) is 5.18. The molecule has 5 nitrogen and oxygen atoms in total. The molecular weight excluding hydrogens is 402 g/mol. The highest BCUT2D eigenvalue weighted by molar-refractivity contribution is 8.06. The molecule has 2 aliphatic rings. The monoisotopic (exact) mass is 429 g/mol. The van der Waals surface area contributed by atoms with E-state index in [1.807, 2.05) is 24.6 Å². The van der Waals surface area contributed by atoms with Gasteiger partial charge >= 0.3 is 0 Å². The Morgan fingerprint density at radius 2 is 1.65 bits per heavy atom. The van der Waals surface area contributed by atoms with Gasteiger partial charge in [0, 0.05) is 42.8 Å². The van der Waals surface area contributed by atoms with Crippen LogP contribution in [0.5, 0.6) is 0 Å². The van der Waals surface area contributed by atoms with Crippen molar-refractivity contribution in [2.24, 2.45) is 0 Å². The molecule has 1 fully saturated rings. The van der Waals surface area contributed by atoms with Gasteiger partial charge in [0.1, 0.15) is 12.7 Å². The number of allylic oxidation sites excluding steroid dienone is 2. The molecule has 31 heavy (non-hydrogen) atoms. The Morgan fingerprint density at radius 3 is 2.39 bits per heavy atom. The normalized spacial score (nSPS) is 18.1. The van der Waals surface area contributed by atoms with Gasteiger partial charge in [-0.15, -0.1) is 10.2 Å². The van der Waals surface area contributed by atoms with E-state index in [0.29, 0.717) is 6.04 Å².